The number of rotatable bonds is 8. The van der Waals surface area contributed by atoms with E-state index in [1.54, 1.807) is 0 Å². The Balaban J connectivity index is 3.08. The number of hydrogen-bond acceptors (Lipinski definition) is 8. The van der Waals surface area contributed by atoms with Crippen LogP contribution in [0, 0.1) is 20.2 Å². The van der Waals surface area contributed by atoms with Gasteiger partial charge in [-0.25, -0.2) is 9.78 Å². The maximum atomic E-state index is 11.0. The van der Waals surface area contributed by atoms with E-state index in [4.69, 9.17) is 10.2 Å². The van der Waals surface area contributed by atoms with Crippen LogP contribution in [0.15, 0.2) is 12.3 Å². The first-order valence-corrected chi connectivity index (χ1v) is 5.72. The third-order valence-electron chi connectivity index (χ3n) is 2.52. The van der Waals surface area contributed by atoms with Crippen LogP contribution in [0.3, 0.4) is 0 Å². The fourth-order valence-electron chi connectivity index (χ4n) is 1.48. The summed E-state index contributed by atoms with van der Waals surface area (Å²) in [7, 11) is 0. The van der Waals surface area contributed by atoms with E-state index in [1.165, 1.54) is 0 Å². The lowest BCUT2D eigenvalue weighted by Gasteiger charge is -2.13. The van der Waals surface area contributed by atoms with E-state index >= 15 is 0 Å². The number of pyridine rings is 1. The summed E-state index contributed by atoms with van der Waals surface area (Å²) < 4.78 is 0. The average Bonchev–Trinajstić information content (AvgIpc) is 2.42. The Morgan fingerprint density at radius 2 is 1.91 bits per heavy atom. The SMILES string of the molecule is O=C(O)CCC(Nc1ncc([N+](=O)[O-])cc1[N+](=O)[O-])C(=O)O. The van der Waals surface area contributed by atoms with Crippen molar-refractivity contribution in [2.75, 3.05) is 5.32 Å². The van der Waals surface area contributed by atoms with Crippen LogP contribution in [0.2, 0.25) is 0 Å². The summed E-state index contributed by atoms with van der Waals surface area (Å²) in [6.07, 6.45) is -0.101. The van der Waals surface area contributed by atoms with Crippen molar-refractivity contribution >= 4 is 29.1 Å². The van der Waals surface area contributed by atoms with Crippen LogP contribution in [0.1, 0.15) is 12.8 Å². The summed E-state index contributed by atoms with van der Waals surface area (Å²) in [6, 6.07) is -0.811. The number of carboxylic acid groups (broad SMARTS) is 2. The van der Waals surface area contributed by atoms with Crippen LogP contribution in [-0.2, 0) is 9.59 Å². The first kappa shape index (κ1) is 16.7. The van der Waals surface area contributed by atoms with Crippen molar-refractivity contribution in [2.45, 2.75) is 18.9 Å². The summed E-state index contributed by atoms with van der Waals surface area (Å²) in [6.45, 7) is 0. The Labute approximate surface area is 121 Å². The highest BCUT2D eigenvalue weighted by atomic mass is 16.6. The lowest BCUT2D eigenvalue weighted by molar-refractivity contribution is -0.394. The molecule has 0 aliphatic heterocycles. The number of aliphatic carboxylic acids is 2. The van der Waals surface area contributed by atoms with E-state index in [1.807, 2.05) is 0 Å². The van der Waals surface area contributed by atoms with Crippen molar-refractivity contribution in [3.05, 3.63) is 32.5 Å². The van der Waals surface area contributed by atoms with Crippen molar-refractivity contribution in [1.82, 2.24) is 4.98 Å². The van der Waals surface area contributed by atoms with E-state index in [0.29, 0.717) is 6.07 Å². The summed E-state index contributed by atoms with van der Waals surface area (Å²) in [4.78, 5) is 44.5. The van der Waals surface area contributed by atoms with E-state index in [2.05, 4.69) is 10.3 Å². The number of aromatic nitrogens is 1. The van der Waals surface area contributed by atoms with Gasteiger partial charge < -0.3 is 15.5 Å². The molecule has 1 heterocycles. The van der Waals surface area contributed by atoms with Gasteiger partial charge in [0.1, 0.15) is 12.2 Å². The molecule has 22 heavy (non-hydrogen) atoms. The molecule has 3 N–H and O–H groups in total. The molecule has 1 aromatic heterocycles. The molecule has 0 radical (unpaired) electrons. The third-order valence-corrected chi connectivity index (χ3v) is 2.52. The van der Waals surface area contributed by atoms with Gasteiger partial charge in [-0.1, -0.05) is 0 Å². The first-order valence-electron chi connectivity index (χ1n) is 5.72. The molecular weight excluding hydrogens is 304 g/mol. The smallest absolute Gasteiger partial charge is 0.326 e. The maximum Gasteiger partial charge on any atom is 0.326 e. The van der Waals surface area contributed by atoms with Gasteiger partial charge in [-0.2, -0.15) is 0 Å². The van der Waals surface area contributed by atoms with Crippen LogP contribution in [0.4, 0.5) is 17.2 Å². The highest BCUT2D eigenvalue weighted by Gasteiger charge is 2.26. The maximum absolute atomic E-state index is 11.0. The molecule has 0 aliphatic rings. The van der Waals surface area contributed by atoms with Crippen LogP contribution in [-0.4, -0.2) is 43.0 Å². The van der Waals surface area contributed by atoms with Crippen molar-refractivity contribution < 1.29 is 29.6 Å². The van der Waals surface area contributed by atoms with Crippen LogP contribution >= 0.6 is 0 Å². The average molecular weight is 314 g/mol. The van der Waals surface area contributed by atoms with E-state index in [0.717, 1.165) is 6.20 Å². The van der Waals surface area contributed by atoms with Gasteiger partial charge in [0.25, 0.3) is 5.69 Å². The molecule has 12 heteroatoms. The molecule has 0 bridgehead atoms. The second-order valence-electron chi connectivity index (χ2n) is 4.04. The molecular formula is C10H10N4O8. The van der Waals surface area contributed by atoms with E-state index in [9.17, 15) is 29.8 Å². The number of nitro groups is 2. The summed E-state index contributed by atoms with van der Waals surface area (Å²) in [5.41, 5.74) is -1.41. The third kappa shape index (κ3) is 4.36. The lowest BCUT2D eigenvalue weighted by atomic mass is 10.1. The highest BCUT2D eigenvalue weighted by molar-refractivity contribution is 5.79. The second kappa shape index (κ2) is 6.92. The van der Waals surface area contributed by atoms with Gasteiger partial charge in [-0.15, -0.1) is 0 Å². The van der Waals surface area contributed by atoms with Gasteiger partial charge in [0.05, 0.1) is 15.9 Å². The minimum Gasteiger partial charge on any atom is -0.481 e. The van der Waals surface area contributed by atoms with Crippen LogP contribution in [0.5, 0.6) is 0 Å². The Kier molecular flexibility index (Phi) is 5.26. The minimum absolute atomic E-state index is 0.347. The number of anilines is 1. The highest BCUT2D eigenvalue weighted by Crippen LogP contribution is 2.27. The molecule has 0 aliphatic carbocycles. The van der Waals surface area contributed by atoms with Crippen LogP contribution in [0.25, 0.3) is 0 Å². The largest absolute Gasteiger partial charge is 0.481 e. The van der Waals surface area contributed by atoms with E-state index < -0.39 is 51.4 Å². The predicted molar refractivity (Wildman–Crippen MR) is 69.5 cm³/mol. The fourth-order valence-corrected chi connectivity index (χ4v) is 1.48. The summed E-state index contributed by atoms with van der Waals surface area (Å²) in [5, 5.41) is 41.1. The summed E-state index contributed by atoms with van der Waals surface area (Å²) in [5.74, 6) is -3.16. The first-order chi connectivity index (χ1) is 10.2. The van der Waals surface area contributed by atoms with Crippen molar-refractivity contribution in [3.8, 4) is 0 Å². The zero-order chi connectivity index (χ0) is 16.9. The number of carbonyl (C=O) groups is 2. The molecule has 0 fully saturated rings. The molecule has 1 aromatic rings. The quantitative estimate of drug-likeness (QED) is 0.453. The molecule has 1 unspecified atom stereocenters. The van der Waals surface area contributed by atoms with Gasteiger partial charge in [-0.05, 0) is 6.42 Å². The Morgan fingerprint density at radius 1 is 1.27 bits per heavy atom. The minimum atomic E-state index is -1.44. The molecule has 0 saturated heterocycles. The van der Waals surface area contributed by atoms with Gasteiger partial charge in [0.2, 0.25) is 5.82 Å². The molecule has 1 rings (SSSR count). The van der Waals surface area contributed by atoms with Gasteiger partial charge in [0, 0.05) is 6.42 Å². The standard InChI is InChI=1S/C10H10N4O8/c15-8(16)2-1-6(10(17)18)12-9-7(14(21)22)3-5(4-11-9)13(19)20/h3-4,6H,1-2H2,(H,11,12)(H,15,16)(H,17,18). The van der Waals surface area contributed by atoms with Crippen molar-refractivity contribution in [2.24, 2.45) is 0 Å². The number of carboxylic acids is 2. The van der Waals surface area contributed by atoms with E-state index in [-0.39, 0.29) is 6.42 Å². The second-order valence-corrected chi connectivity index (χ2v) is 4.04. The monoisotopic (exact) mass is 314 g/mol. The summed E-state index contributed by atoms with van der Waals surface area (Å²) >= 11 is 0. The zero-order valence-corrected chi connectivity index (χ0v) is 10.8. The zero-order valence-electron chi connectivity index (χ0n) is 10.8. The molecule has 0 spiro atoms. The Hall–Kier alpha value is -3.31. The van der Waals surface area contributed by atoms with Gasteiger partial charge >= 0.3 is 17.6 Å². The van der Waals surface area contributed by atoms with Gasteiger partial charge in [0.15, 0.2) is 0 Å². The number of nitrogens with zero attached hydrogens (tertiary/aromatic N) is 3. The van der Waals surface area contributed by atoms with Crippen molar-refractivity contribution in [3.63, 3.8) is 0 Å². The molecule has 1 atom stereocenters. The molecule has 0 aromatic carbocycles. The molecule has 12 nitrogen and oxygen atoms in total. The molecule has 118 valence electrons. The van der Waals surface area contributed by atoms with Crippen LogP contribution < -0.4 is 5.32 Å². The van der Waals surface area contributed by atoms with Gasteiger partial charge in [-0.3, -0.25) is 25.0 Å². The number of nitrogens with one attached hydrogen (secondary N) is 1. The van der Waals surface area contributed by atoms with Crippen molar-refractivity contribution in [1.29, 1.82) is 0 Å². The lowest BCUT2D eigenvalue weighted by Crippen LogP contribution is -2.30. The fraction of sp³-hybridized carbons (Fsp3) is 0.300. The predicted octanol–water partition coefficient (Wildman–Crippen LogP) is 0.628. The molecule has 0 amide bonds. The Bertz CT molecular complexity index is 631. The number of hydrogen-bond donors (Lipinski definition) is 3. The topological polar surface area (TPSA) is 186 Å². The Morgan fingerprint density at radius 3 is 2.36 bits per heavy atom. The molecule has 0 saturated carbocycles. The normalized spacial score (nSPS) is 11.5.